The number of nitrogens with one attached hydrogen (secondary N) is 2. The Labute approximate surface area is 160 Å². The van der Waals surface area contributed by atoms with Crippen molar-refractivity contribution in [2.45, 2.75) is 6.92 Å². The van der Waals surface area contributed by atoms with Crippen LogP contribution in [0.1, 0.15) is 12.5 Å². The number of amides is 1. The normalized spacial score (nSPS) is 10.5. The fourth-order valence-corrected chi connectivity index (χ4v) is 2.93. The van der Waals surface area contributed by atoms with Gasteiger partial charge in [0.25, 0.3) is 5.91 Å². The number of ether oxygens (including phenoxy) is 2. The molecule has 0 heterocycles. The van der Waals surface area contributed by atoms with Crippen LogP contribution in [0, 0.1) is 3.57 Å². The summed E-state index contributed by atoms with van der Waals surface area (Å²) in [5, 5.41) is 7.01. The van der Waals surface area contributed by atoms with Gasteiger partial charge in [-0.15, -0.1) is 0 Å². The highest BCUT2D eigenvalue weighted by molar-refractivity contribution is 14.1. The van der Waals surface area contributed by atoms with Crippen LogP contribution in [0.5, 0.6) is 11.5 Å². The predicted molar refractivity (Wildman–Crippen MR) is 108 cm³/mol. The van der Waals surface area contributed by atoms with E-state index in [0.29, 0.717) is 18.1 Å². The SMILES string of the molecule is CCOc1cc(/C=N\NC(=O)CNc2ccccc2)cc(I)c1OC. The van der Waals surface area contributed by atoms with E-state index in [1.807, 2.05) is 49.4 Å². The molecule has 0 aromatic heterocycles. The first-order valence-electron chi connectivity index (χ1n) is 7.75. The molecular weight excluding hydrogens is 433 g/mol. The van der Waals surface area contributed by atoms with Gasteiger partial charge in [0.15, 0.2) is 11.5 Å². The average molecular weight is 453 g/mol. The van der Waals surface area contributed by atoms with Crippen LogP contribution < -0.4 is 20.2 Å². The summed E-state index contributed by atoms with van der Waals surface area (Å²) in [7, 11) is 1.60. The summed E-state index contributed by atoms with van der Waals surface area (Å²) >= 11 is 2.17. The molecule has 2 aromatic rings. The summed E-state index contributed by atoms with van der Waals surface area (Å²) in [6.07, 6.45) is 1.57. The van der Waals surface area contributed by atoms with Gasteiger partial charge in [0, 0.05) is 5.69 Å². The third-order valence-electron chi connectivity index (χ3n) is 3.17. The summed E-state index contributed by atoms with van der Waals surface area (Å²) in [6.45, 7) is 2.59. The molecule has 0 saturated carbocycles. The van der Waals surface area contributed by atoms with E-state index in [-0.39, 0.29) is 12.5 Å². The van der Waals surface area contributed by atoms with E-state index in [4.69, 9.17) is 9.47 Å². The maximum Gasteiger partial charge on any atom is 0.259 e. The van der Waals surface area contributed by atoms with Gasteiger partial charge in [0.05, 0.1) is 30.0 Å². The van der Waals surface area contributed by atoms with Crippen molar-refractivity contribution < 1.29 is 14.3 Å². The van der Waals surface area contributed by atoms with Crippen molar-refractivity contribution in [1.29, 1.82) is 0 Å². The highest BCUT2D eigenvalue weighted by atomic mass is 127. The first kappa shape index (κ1) is 19.0. The molecule has 2 N–H and O–H groups in total. The molecule has 1 amide bonds. The number of hydrazone groups is 1. The topological polar surface area (TPSA) is 72.0 Å². The minimum Gasteiger partial charge on any atom is -0.492 e. The molecule has 0 aliphatic carbocycles. The summed E-state index contributed by atoms with van der Waals surface area (Å²) in [5.74, 6) is 1.11. The smallest absolute Gasteiger partial charge is 0.259 e. The first-order valence-corrected chi connectivity index (χ1v) is 8.83. The van der Waals surface area contributed by atoms with Crippen LogP contribution in [0.4, 0.5) is 5.69 Å². The maximum atomic E-state index is 11.8. The number of hydrogen-bond acceptors (Lipinski definition) is 5. The number of carbonyl (C=O) groups is 1. The van der Waals surface area contributed by atoms with Crippen LogP contribution in [-0.4, -0.2) is 32.4 Å². The fourth-order valence-electron chi connectivity index (χ4n) is 2.08. The molecule has 0 aliphatic rings. The fraction of sp³-hybridized carbons (Fsp3) is 0.222. The second kappa shape index (κ2) is 9.87. The number of halogens is 1. The third-order valence-corrected chi connectivity index (χ3v) is 3.97. The molecular formula is C18H20IN3O3. The molecule has 0 radical (unpaired) electrons. The second-order valence-electron chi connectivity index (χ2n) is 4.98. The lowest BCUT2D eigenvalue weighted by atomic mass is 10.2. The van der Waals surface area contributed by atoms with Gasteiger partial charge in [-0.25, -0.2) is 5.43 Å². The summed E-state index contributed by atoms with van der Waals surface area (Å²) in [6, 6.07) is 13.2. The Bertz CT molecular complexity index is 736. The molecule has 0 saturated heterocycles. The lowest BCUT2D eigenvalue weighted by Gasteiger charge is -2.11. The van der Waals surface area contributed by atoms with Crippen LogP contribution >= 0.6 is 22.6 Å². The Balaban J connectivity index is 1.93. The predicted octanol–water partition coefficient (Wildman–Crippen LogP) is 3.26. The molecule has 132 valence electrons. The van der Waals surface area contributed by atoms with Gasteiger partial charge in [0.2, 0.25) is 0 Å². The van der Waals surface area contributed by atoms with Gasteiger partial charge in [-0.3, -0.25) is 4.79 Å². The minimum absolute atomic E-state index is 0.145. The number of anilines is 1. The van der Waals surface area contributed by atoms with E-state index in [1.165, 1.54) is 0 Å². The van der Waals surface area contributed by atoms with Gasteiger partial charge in [0.1, 0.15) is 0 Å². The van der Waals surface area contributed by atoms with Crippen LogP contribution in [0.3, 0.4) is 0 Å². The molecule has 2 aromatic carbocycles. The number of benzene rings is 2. The van der Waals surface area contributed by atoms with Gasteiger partial charge >= 0.3 is 0 Å². The molecule has 0 spiro atoms. The zero-order valence-electron chi connectivity index (χ0n) is 14.1. The summed E-state index contributed by atoms with van der Waals surface area (Å²) in [5.41, 5.74) is 4.19. The van der Waals surface area contributed by atoms with Gasteiger partial charge in [-0.2, -0.15) is 5.10 Å². The number of para-hydroxylation sites is 1. The van der Waals surface area contributed by atoms with Gasteiger partial charge < -0.3 is 14.8 Å². The molecule has 25 heavy (non-hydrogen) atoms. The second-order valence-corrected chi connectivity index (χ2v) is 6.14. The van der Waals surface area contributed by atoms with Crippen LogP contribution in [0.25, 0.3) is 0 Å². The summed E-state index contributed by atoms with van der Waals surface area (Å²) < 4.78 is 11.8. The zero-order valence-corrected chi connectivity index (χ0v) is 16.2. The molecule has 0 fully saturated rings. The lowest BCUT2D eigenvalue weighted by molar-refractivity contribution is -0.119. The van der Waals surface area contributed by atoms with Crippen LogP contribution in [-0.2, 0) is 4.79 Å². The quantitative estimate of drug-likeness (QED) is 0.366. The Hall–Kier alpha value is -2.29. The molecule has 0 bridgehead atoms. The van der Waals surface area contributed by atoms with E-state index >= 15 is 0 Å². The molecule has 7 heteroatoms. The summed E-state index contributed by atoms with van der Waals surface area (Å²) in [4.78, 5) is 11.8. The van der Waals surface area contributed by atoms with Crippen LogP contribution in [0.15, 0.2) is 47.6 Å². The Morgan fingerprint density at radius 2 is 2.04 bits per heavy atom. The highest BCUT2D eigenvalue weighted by Gasteiger charge is 2.10. The van der Waals surface area contributed by atoms with Gasteiger partial charge in [-0.05, 0) is 59.3 Å². The van der Waals surface area contributed by atoms with E-state index < -0.39 is 0 Å². The van der Waals surface area contributed by atoms with E-state index in [1.54, 1.807) is 13.3 Å². The third kappa shape index (κ3) is 5.93. The van der Waals surface area contributed by atoms with Crippen LogP contribution in [0.2, 0.25) is 0 Å². The number of rotatable bonds is 8. The van der Waals surface area contributed by atoms with Crippen molar-refractivity contribution in [3.8, 4) is 11.5 Å². The molecule has 2 rings (SSSR count). The maximum absolute atomic E-state index is 11.8. The molecule has 0 aliphatic heterocycles. The number of methoxy groups -OCH3 is 1. The van der Waals surface area contributed by atoms with Crippen molar-refractivity contribution in [3.63, 3.8) is 0 Å². The first-order chi connectivity index (χ1) is 12.1. The van der Waals surface area contributed by atoms with Crippen molar-refractivity contribution in [2.24, 2.45) is 5.10 Å². The molecule has 0 atom stereocenters. The molecule has 0 unspecified atom stereocenters. The largest absolute Gasteiger partial charge is 0.492 e. The standard InChI is InChI=1S/C18H20IN3O3/c1-3-25-16-10-13(9-15(19)18(16)24-2)11-21-22-17(23)12-20-14-7-5-4-6-8-14/h4-11,20H,3,12H2,1-2H3,(H,22,23)/b21-11-. The highest BCUT2D eigenvalue weighted by Crippen LogP contribution is 2.33. The number of hydrogen-bond donors (Lipinski definition) is 2. The average Bonchev–Trinajstić information content (AvgIpc) is 2.61. The van der Waals surface area contributed by atoms with E-state index in [2.05, 4.69) is 38.4 Å². The Kier molecular flexibility index (Phi) is 7.52. The Morgan fingerprint density at radius 3 is 2.72 bits per heavy atom. The minimum atomic E-state index is -0.228. The number of nitrogens with zero attached hydrogens (tertiary/aromatic N) is 1. The zero-order chi connectivity index (χ0) is 18.1. The van der Waals surface area contributed by atoms with Crippen molar-refractivity contribution in [3.05, 3.63) is 51.6 Å². The van der Waals surface area contributed by atoms with Crippen molar-refractivity contribution in [1.82, 2.24) is 5.43 Å². The number of carbonyl (C=O) groups excluding carboxylic acids is 1. The molecule has 6 nitrogen and oxygen atoms in total. The van der Waals surface area contributed by atoms with Crippen molar-refractivity contribution >= 4 is 40.4 Å². The lowest BCUT2D eigenvalue weighted by Crippen LogP contribution is -2.25. The monoisotopic (exact) mass is 453 g/mol. The van der Waals surface area contributed by atoms with Gasteiger partial charge in [-0.1, -0.05) is 18.2 Å². The van der Waals surface area contributed by atoms with Crippen molar-refractivity contribution in [2.75, 3.05) is 25.6 Å². The van der Waals surface area contributed by atoms with E-state index in [0.717, 1.165) is 14.8 Å². The Morgan fingerprint density at radius 1 is 1.28 bits per heavy atom. The van der Waals surface area contributed by atoms with E-state index in [9.17, 15) is 4.79 Å².